The highest BCUT2D eigenvalue weighted by Gasteiger charge is 2.09. The Balaban J connectivity index is 2.22. The molecule has 0 atom stereocenters. The van der Waals surface area contributed by atoms with E-state index in [0.29, 0.717) is 4.70 Å². The summed E-state index contributed by atoms with van der Waals surface area (Å²) in [4.78, 5) is 0. The van der Waals surface area contributed by atoms with Gasteiger partial charge in [0.2, 0.25) is 0 Å². The van der Waals surface area contributed by atoms with Gasteiger partial charge in [0.25, 0.3) is 0 Å². The third-order valence-electron chi connectivity index (χ3n) is 2.97. The van der Waals surface area contributed by atoms with Gasteiger partial charge in [-0.3, -0.25) is 0 Å². The fraction of sp³-hybridized carbons (Fsp3) is 0.0667. The lowest BCUT2D eigenvalue weighted by Crippen LogP contribution is -1.83. The van der Waals surface area contributed by atoms with E-state index in [2.05, 4.69) is 0 Å². The number of benzene rings is 2. The van der Waals surface area contributed by atoms with Crippen molar-refractivity contribution in [1.82, 2.24) is 0 Å². The van der Waals surface area contributed by atoms with Gasteiger partial charge in [0.05, 0.1) is 11.3 Å². The van der Waals surface area contributed by atoms with E-state index in [-0.39, 0.29) is 12.4 Å². The predicted octanol–water partition coefficient (Wildman–Crippen LogP) is 4.20. The second-order valence-corrected chi connectivity index (χ2v) is 5.00. The Morgan fingerprint density at radius 1 is 1.11 bits per heavy atom. The first kappa shape index (κ1) is 11.4. The minimum atomic E-state index is -0.179. The minimum Gasteiger partial charge on any atom is -0.392 e. The van der Waals surface area contributed by atoms with Crippen molar-refractivity contribution in [3.8, 4) is 11.1 Å². The average Bonchev–Trinajstić information content (AvgIpc) is 2.84. The smallest absolute Gasteiger partial charge is 0.141 e. The molecular formula is C15H11FOS. The molecule has 1 nitrogen and oxygen atoms in total. The Morgan fingerprint density at radius 3 is 2.78 bits per heavy atom. The maximum atomic E-state index is 13.6. The molecule has 18 heavy (non-hydrogen) atoms. The minimum absolute atomic E-state index is 0.0181. The number of rotatable bonds is 2. The van der Waals surface area contributed by atoms with Crippen molar-refractivity contribution < 1.29 is 9.50 Å². The highest BCUT2D eigenvalue weighted by atomic mass is 32.1. The van der Waals surface area contributed by atoms with Crippen molar-refractivity contribution in [2.24, 2.45) is 0 Å². The molecule has 0 aliphatic heterocycles. The van der Waals surface area contributed by atoms with Crippen molar-refractivity contribution in [2.75, 3.05) is 0 Å². The zero-order valence-corrected chi connectivity index (χ0v) is 10.4. The van der Waals surface area contributed by atoms with Gasteiger partial charge in [0.15, 0.2) is 0 Å². The SMILES string of the molecule is OCc1cccc(-c2csc3c(F)cccc23)c1. The molecule has 0 fully saturated rings. The largest absolute Gasteiger partial charge is 0.392 e. The molecule has 0 aliphatic carbocycles. The number of aliphatic hydroxyl groups excluding tert-OH is 1. The predicted molar refractivity (Wildman–Crippen MR) is 73.1 cm³/mol. The summed E-state index contributed by atoms with van der Waals surface area (Å²) in [5.74, 6) is -0.179. The van der Waals surface area contributed by atoms with Gasteiger partial charge >= 0.3 is 0 Å². The average molecular weight is 258 g/mol. The lowest BCUT2D eigenvalue weighted by Gasteiger charge is -2.02. The third-order valence-corrected chi connectivity index (χ3v) is 3.98. The molecule has 90 valence electrons. The monoisotopic (exact) mass is 258 g/mol. The van der Waals surface area contributed by atoms with E-state index in [4.69, 9.17) is 5.11 Å². The molecule has 1 aromatic heterocycles. The van der Waals surface area contributed by atoms with Gasteiger partial charge in [-0.1, -0.05) is 30.3 Å². The fourth-order valence-corrected chi connectivity index (χ4v) is 3.07. The van der Waals surface area contributed by atoms with Gasteiger partial charge in [-0.15, -0.1) is 11.3 Å². The number of thiophene rings is 1. The van der Waals surface area contributed by atoms with Crippen LogP contribution >= 0.6 is 11.3 Å². The van der Waals surface area contributed by atoms with Crippen LogP contribution in [0.3, 0.4) is 0 Å². The first-order valence-electron chi connectivity index (χ1n) is 5.65. The van der Waals surface area contributed by atoms with Crippen LogP contribution in [0.4, 0.5) is 4.39 Å². The maximum absolute atomic E-state index is 13.6. The first-order valence-corrected chi connectivity index (χ1v) is 6.53. The Kier molecular flexibility index (Phi) is 2.86. The van der Waals surface area contributed by atoms with Crippen LogP contribution in [0.5, 0.6) is 0 Å². The Bertz CT molecular complexity index is 703. The van der Waals surface area contributed by atoms with Crippen LogP contribution in [0, 0.1) is 5.82 Å². The molecule has 0 bridgehead atoms. The summed E-state index contributed by atoms with van der Waals surface area (Å²) < 4.78 is 14.3. The molecule has 0 aliphatic rings. The van der Waals surface area contributed by atoms with Crippen molar-refractivity contribution in [3.05, 3.63) is 59.2 Å². The number of hydrogen-bond acceptors (Lipinski definition) is 2. The Morgan fingerprint density at radius 2 is 1.94 bits per heavy atom. The third kappa shape index (κ3) is 1.82. The molecule has 0 amide bonds. The normalized spacial score (nSPS) is 11.0. The summed E-state index contributed by atoms with van der Waals surface area (Å²) >= 11 is 1.41. The molecule has 0 saturated carbocycles. The molecule has 3 aromatic rings. The molecular weight excluding hydrogens is 247 g/mol. The second kappa shape index (κ2) is 4.52. The number of halogens is 1. The van der Waals surface area contributed by atoms with E-state index >= 15 is 0 Å². The topological polar surface area (TPSA) is 20.2 Å². The van der Waals surface area contributed by atoms with Crippen molar-refractivity contribution >= 4 is 21.4 Å². The standard InChI is InChI=1S/C15H11FOS/c16-14-6-2-5-12-13(9-18-15(12)14)11-4-1-3-10(7-11)8-17/h1-7,9,17H,8H2. The summed E-state index contributed by atoms with van der Waals surface area (Å²) in [6.45, 7) is 0.0181. The lowest BCUT2D eigenvalue weighted by atomic mass is 10.0. The summed E-state index contributed by atoms with van der Waals surface area (Å²) in [5, 5.41) is 12.0. The Hall–Kier alpha value is -1.71. The Labute approximate surface area is 108 Å². The van der Waals surface area contributed by atoms with E-state index in [9.17, 15) is 4.39 Å². The van der Waals surface area contributed by atoms with Crippen LogP contribution in [0.25, 0.3) is 21.2 Å². The van der Waals surface area contributed by atoms with Crippen LogP contribution in [-0.2, 0) is 6.61 Å². The van der Waals surface area contributed by atoms with Crippen LogP contribution in [0.15, 0.2) is 47.8 Å². The number of aliphatic hydroxyl groups is 1. The quantitative estimate of drug-likeness (QED) is 0.730. The highest BCUT2D eigenvalue weighted by Crippen LogP contribution is 2.35. The van der Waals surface area contributed by atoms with Crippen LogP contribution in [0.2, 0.25) is 0 Å². The van der Waals surface area contributed by atoms with E-state index in [1.54, 1.807) is 6.07 Å². The zero-order chi connectivity index (χ0) is 12.5. The molecule has 0 spiro atoms. The number of fused-ring (bicyclic) bond motifs is 1. The molecule has 2 aromatic carbocycles. The fourth-order valence-electron chi connectivity index (χ4n) is 2.08. The summed E-state index contributed by atoms with van der Waals surface area (Å²) in [6.07, 6.45) is 0. The van der Waals surface area contributed by atoms with E-state index < -0.39 is 0 Å². The van der Waals surface area contributed by atoms with Gasteiger partial charge < -0.3 is 5.11 Å². The van der Waals surface area contributed by atoms with Crippen molar-refractivity contribution in [3.63, 3.8) is 0 Å². The van der Waals surface area contributed by atoms with Gasteiger partial charge in [-0.05, 0) is 28.6 Å². The molecule has 3 rings (SSSR count). The van der Waals surface area contributed by atoms with Crippen LogP contribution in [-0.4, -0.2) is 5.11 Å². The van der Waals surface area contributed by atoms with E-state index in [1.165, 1.54) is 17.4 Å². The van der Waals surface area contributed by atoms with Crippen LogP contribution < -0.4 is 0 Å². The maximum Gasteiger partial charge on any atom is 0.141 e. The lowest BCUT2D eigenvalue weighted by molar-refractivity contribution is 0.282. The van der Waals surface area contributed by atoms with Crippen molar-refractivity contribution in [2.45, 2.75) is 6.61 Å². The van der Waals surface area contributed by atoms with Gasteiger partial charge in [-0.2, -0.15) is 0 Å². The molecule has 0 radical (unpaired) electrons. The second-order valence-electron chi connectivity index (χ2n) is 4.12. The highest BCUT2D eigenvalue weighted by molar-refractivity contribution is 7.17. The molecule has 0 saturated heterocycles. The first-order chi connectivity index (χ1) is 8.79. The van der Waals surface area contributed by atoms with Gasteiger partial charge in [-0.25, -0.2) is 4.39 Å². The van der Waals surface area contributed by atoms with E-state index in [1.807, 2.05) is 35.7 Å². The molecule has 3 heteroatoms. The zero-order valence-electron chi connectivity index (χ0n) is 9.56. The van der Waals surface area contributed by atoms with Gasteiger partial charge in [0.1, 0.15) is 5.82 Å². The van der Waals surface area contributed by atoms with Crippen LogP contribution in [0.1, 0.15) is 5.56 Å². The molecule has 1 heterocycles. The molecule has 0 unspecified atom stereocenters. The van der Waals surface area contributed by atoms with Crippen molar-refractivity contribution in [1.29, 1.82) is 0 Å². The van der Waals surface area contributed by atoms with Gasteiger partial charge in [0, 0.05) is 10.9 Å². The van der Waals surface area contributed by atoms with E-state index in [0.717, 1.165) is 22.1 Å². The molecule has 1 N–H and O–H groups in total. The summed E-state index contributed by atoms with van der Waals surface area (Å²) in [5.41, 5.74) is 2.89. The number of hydrogen-bond donors (Lipinski definition) is 1. The summed E-state index contributed by atoms with van der Waals surface area (Å²) in [7, 11) is 0. The summed E-state index contributed by atoms with van der Waals surface area (Å²) in [6, 6.07) is 12.8.